The van der Waals surface area contributed by atoms with Gasteiger partial charge in [0.1, 0.15) is 5.69 Å². The number of carbonyl (C=O) groups excluding carboxylic acids is 2. The van der Waals surface area contributed by atoms with E-state index in [0.717, 1.165) is 30.6 Å². The smallest absolute Gasteiger partial charge is 0.261 e. The molecule has 0 atom stereocenters. The zero-order valence-electron chi connectivity index (χ0n) is 19.4. The van der Waals surface area contributed by atoms with E-state index >= 15 is 0 Å². The van der Waals surface area contributed by atoms with Crippen LogP contribution < -0.4 is 10.6 Å². The number of unbranched alkanes of at least 4 members (excludes halogenated alkanes) is 1. The minimum atomic E-state index is -0.254. The highest BCUT2D eigenvalue weighted by molar-refractivity contribution is 6.22. The lowest BCUT2D eigenvalue weighted by Crippen LogP contribution is -2.30. The van der Waals surface area contributed by atoms with Crippen LogP contribution in [-0.4, -0.2) is 50.6 Å². The Labute approximate surface area is 189 Å². The predicted molar refractivity (Wildman–Crippen MR) is 126 cm³/mol. The molecule has 2 amide bonds. The Balaban J connectivity index is 1.89. The lowest BCUT2D eigenvalue weighted by molar-refractivity contribution is 0.0652. The predicted octanol–water partition coefficient (Wildman–Crippen LogP) is 4.78. The molecule has 8 heteroatoms. The first kappa shape index (κ1) is 23.4. The number of aryl methyl sites for hydroxylation is 1. The number of likely N-dealkylation sites (N-methyl/N-ethyl adjacent to an activating group) is 1. The van der Waals surface area contributed by atoms with E-state index in [9.17, 15) is 9.59 Å². The number of imide groups is 1. The molecule has 8 nitrogen and oxygen atoms in total. The van der Waals surface area contributed by atoms with Gasteiger partial charge < -0.3 is 15.4 Å². The number of nitrogens with two attached hydrogens (primary N) is 1. The lowest BCUT2D eigenvalue weighted by Gasteiger charge is -2.19. The van der Waals surface area contributed by atoms with Crippen molar-refractivity contribution >= 4 is 34.6 Å². The number of carbonyl (C=O) groups is 2. The summed E-state index contributed by atoms with van der Waals surface area (Å²) in [6.07, 6.45) is 1.69. The molecular formula is C24H31N5O3. The number of benzene rings is 2. The van der Waals surface area contributed by atoms with Crippen molar-refractivity contribution < 1.29 is 14.3 Å². The summed E-state index contributed by atoms with van der Waals surface area (Å²) >= 11 is 0. The van der Waals surface area contributed by atoms with Crippen molar-refractivity contribution in [1.82, 2.24) is 4.90 Å². The summed E-state index contributed by atoms with van der Waals surface area (Å²) in [6, 6.07) is 7.33. The average Bonchev–Trinajstić information content (AvgIpc) is 3.00. The van der Waals surface area contributed by atoms with Gasteiger partial charge in [-0.3, -0.25) is 14.5 Å². The van der Waals surface area contributed by atoms with Gasteiger partial charge in [0.05, 0.1) is 29.1 Å². The van der Waals surface area contributed by atoms with E-state index in [2.05, 4.69) is 10.2 Å². The molecule has 0 saturated carbocycles. The molecule has 0 fully saturated rings. The molecule has 0 radical (unpaired) electrons. The second-order valence-electron chi connectivity index (χ2n) is 8.06. The van der Waals surface area contributed by atoms with Gasteiger partial charge in [-0.25, -0.2) is 0 Å². The molecule has 0 spiro atoms. The fraction of sp³-hybridized carbons (Fsp3) is 0.417. The van der Waals surface area contributed by atoms with E-state index in [-0.39, 0.29) is 11.8 Å². The molecule has 1 heterocycles. The summed E-state index contributed by atoms with van der Waals surface area (Å²) in [6.45, 7) is 7.50. The Morgan fingerprint density at radius 3 is 2.53 bits per heavy atom. The van der Waals surface area contributed by atoms with Crippen molar-refractivity contribution in [2.75, 3.05) is 44.5 Å². The number of hydrogen-bond acceptors (Lipinski definition) is 7. The molecule has 2 aromatic rings. The summed E-state index contributed by atoms with van der Waals surface area (Å²) in [4.78, 5) is 29.0. The second kappa shape index (κ2) is 9.91. The molecule has 32 heavy (non-hydrogen) atoms. The number of ether oxygens (including phenoxy) is 1. The second-order valence-corrected chi connectivity index (χ2v) is 8.06. The summed E-state index contributed by atoms with van der Waals surface area (Å²) < 4.78 is 5.12. The van der Waals surface area contributed by atoms with Gasteiger partial charge in [-0.1, -0.05) is 13.3 Å². The minimum Gasteiger partial charge on any atom is -0.397 e. The molecule has 0 aromatic heterocycles. The van der Waals surface area contributed by atoms with Crippen molar-refractivity contribution in [3.8, 4) is 0 Å². The zero-order chi connectivity index (χ0) is 23.4. The maximum absolute atomic E-state index is 12.9. The Morgan fingerprint density at radius 1 is 1.12 bits per heavy atom. The number of anilines is 2. The van der Waals surface area contributed by atoms with Crippen molar-refractivity contribution in [2.24, 2.45) is 10.2 Å². The normalized spacial score (nSPS) is 13.3. The summed E-state index contributed by atoms with van der Waals surface area (Å²) in [5, 5.41) is 8.76. The number of hydrogen-bond donors (Lipinski definition) is 1. The Kier molecular flexibility index (Phi) is 7.25. The number of rotatable bonds is 9. The van der Waals surface area contributed by atoms with Gasteiger partial charge in [-0.15, -0.1) is 10.2 Å². The quantitative estimate of drug-likeness (QED) is 0.346. The van der Waals surface area contributed by atoms with E-state index < -0.39 is 0 Å². The summed E-state index contributed by atoms with van der Waals surface area (Å²) in [5.41, 5.74) is 11.1. The third kappa shape index (κ3) is 4.50. The highest BCUT2D eigenvalue weighted by atomic mass is 16.5. The van der Waals surface area contributed by atoms with Crippen LogP contribution in [0, 0.1) is 13.8 Å². The Morgan fingerprint density at radius 2 is 1.88 bits per heavy atom. The Hall–Kier alpha value is -3.26. The molecular weight excluding hydrogens is 406 g/mol. The minimum absolute atomic E-state index is 0.231. The fourth-order valence-corrected chi connectivity index (χ4v) is 3.79. The van der Waals surface area contributed by atoms with Gasteiger partial charge in [0.2, 0.25) is 0 Å². The van der Waals surface area contributed by atoms with Gasteiger partial charge in [0.25, 0.3) is 11.8 Å². The highest BCUT2D eigenvalue weighted by Crippen LogP contribution is 2.36. The lowest BCUT2D eigenvalue weighted by atomic mass is 9.98. The summed E-state index contributed by atoms with van der Waals surface area (Å²) in [7, 11) is 3.63. The van der Waals surface area contributed by atoms with Crippen LogP contribution in [0.3, 0.4) is 0 Å². The first-order chi connectivity index (χ1) is 15.3. The third-order valence-electron chi connectivity index (χ3n) is 5.74. The van der Waals surface area contributed by atoms with Crippen LogP contribution in [0.15, 0.2) is 34.5 Å². The van der Waals surface area contributed by atoms with Crippen LogP contribution in [0.4, 0.5) is 22.7 Å². The standard InChI is InChI=1S/C24H31N5O3/c1-6-7-10-29-23(30)18-13-15(2)22(16(3)21(18)24(29)31)27-26-20-9-8-17(14-19(20)25)28(4)11-12-32-5/h8-9,13-14H,6-7,10-12,25H2,1-5H3. The Bertz CT molecular complexity index is 1060. The number of nitrogen functional groups attached to an aromatic ring is 1. The maximum Gasteiger partial charge on any atom is 0.261 e. The van der Waals surface area contributed by atoms with Crippen LogP contribution in [0.2, 0.25) is 0 Å². The summed E-state index contributed by atoms with van der Waals surface area (Å²) in [5.74, 6) is -0.485. The molecule has 3 rings (SSSR count). The van der Waals surface area contributed by atoms with Gasteiger partial charge >= 0.3 is 0 Å². The number of azo groups is 1. The maximum atomic E-state index is 12.9. The fourth-order valence-electron chi connectivity index (χ4n) is 3.79. The first-order valence-corrected chi connectivity index (χ1v) is 10.8. The molecule has 1 aliphatic rings. The first-order valence-electron chi connectivity index (χ1n) is 10.8. The third-order valence-corrected chi connectivity index (χ3v) is 5.74. The zero-order valence-corrected chi connectivity index (χ0v) is 19.4. The van der Waals surface area contributed by atoms with Gasteiger partial charge in [-0.2, -0.15) is 0 Å². The van der Waals surface area contributed by atoms with E-state index in [1.54, 1.807) is 13.2 Å². The molecule has 1 aliphatic heterocycles. The van der Waals surface area contributed by atoms with Crippen molar-refractivity contribution in [3.63, 3.8) is 0 Å². The van der Waals surface area contributed by atoms with Crippen LogP contribution in [0.25, 0.3) is 0 Å². The van der Waals surface area contributed by atoms with Crippen LogP contribution in [0.5, 0.6) is 0 Å². The number of amides is 2. The molecule has 0 bridgehead atoms. The van der Waals surface area contributed by atoms with Gasteiger partial charge in [-0.05, 0) is 55.7 Å². The average molecular weight is 438 g/mol. The molecule has 2 aromatic carbocycles. The number of fused-ring (bicyclic) bond motifs is 1. The number of nitrogens with zero attached hydrogens (tertiary/aromatic N) is 4. The molecule has 170 valence electrons. The molecule has 0 aliphatic carbocycles. The van der Waals surface area contributed by atoms with Crippen LogP contribution in [0.1, 0.15) is 51.6 Å². The molecule has 0 unspecified atom stereocenters. The van der Waals surface area contributed by atoms with Crippen molar-refractivity contribution in [3.05, 3.63) is 46.5 Å². The van der Waals surface area contributed by atoms with Gasteiger partial charge in [0, 0.05) is 32.9 Å². The van der Waals surface area contributed by atoms with E-state index in [1.807, 2.05) is 50.9 Å². The monoisotopic (exact) mass is 437 g/mol. The molecule has 0 saturated heterocycles. The SMILES string of the molecule is CCCCN1C(=O)c2cc(C)c(N=Nc3ccc(N(C)CCOC)cc3N)c(C)c2C1=O. The van der Waals surface area contributed by atoms with Gasteiger partial charge in [0.15, 0.2) is 0 Å². The van der Waals surface area contributed by atoms with Crippen LogP contribution in [-0.2, 0) is 4.74 Å². The van der Waals surface area contributed by atoms with Crippen molar-refractivity contribution in [2.45, 2.75) is 33.6 Å². The highest BCUT2D eigenvalue weighted by Gasteiger charge is 2.37. The van der Waals surface area contributed by atoms with Crippen molar-refractivity contribution in [1.29, 1.82) is 0 Å². The molecule has 2 N–H and O–H groups in total. The van der Waals surface area contributed by atoms with Crippen LogP contribution >= 0.6 is 0 Å². The van der Waals surface area contributed by atoms with E-state index in [1.165, 1.54) is 4.90 Å². The topological polar surface area (TPSA) is 101 Å². The van der Waals surface area contributed by atoms with E-state index in [0.29, 0.717) is 46.9 Å². The van der Waals surface area contributed by atoms with E-state index in [4.69, 9.17) is 10.5 Å². The largest absolute Gasteiger partial charge is 0.397 e. The number of methoxy groups -OCH3 is 1.